The molecule has 7 heteroatoms. The summed E-state index contributed by atoms with van der Waals surface area (Å²) in [4.78, 5) is 29.0. The Hall–Kier alpha value is -3.09. The number of carbonyl (C=O) groups is 1. The van der Waals surface area contributed by atoms with E-state index in [9.17, 15) is 4.79 Å². The number of carbonyl (C=O) groups excluding carboxylic acids is 1. The molecule has 1 saturated carbocycles. The van der Waals surface area contributed by atoms with Crippen molar-refractivity contribution in [3.63, 3.8) is 0 Å². The first-order chi connectivity index (χ1) is 11.8. The van der Waals surface area contributed by atoms with Crippen molar-refractivity contribution in [2.24, 2.45) is 5.92 Å². The van der Waals surface area contributed by atoms with E-state index in [4.69, 9.17) is 0 Å². The first-order valence-corrected chi connectivity index (χ1v) is 7.80. The third kappa shape index (κ3) is 2.64. The topological polar surface area (TPSA) is 92.7 Å². The summed E-state index contributed by atoms with van der Waals surface area (Å²) in [6, 6.07) is 3.70. The van der Waals surface area contributed by atoms with Gasteiger partial charge in [0.05, 0.1) is 5.69 Å². The maximum atomic E-state index is 12.0. The summed E-state index contributed by atoms with van der Waals surface area (Å²) in [5.41, 5.74) is 1.64. The average Bonchev–Trinajstić information content (AvgIpc) is 3.46. The van der Waals surface area contributed by atoms with Gasteiger partial charge in [0, 0.05) is 47.9 Å². The summed E-state index contributed by atoms with van der Waals surface area (Å²) < 4.78 is 0. The van der Waals surface area contributed by atoms with Crippen LogP contribution >= 0.6 is 0 Å². The minimum absolute atomic E-state index is 0.0355. The Labute approximate surface area is 138 Å². The third-order valence-electron chi connectivity index (χ3n) is 4.07. The van der Waals surface area contributed by atoms with Crippen molar-refractivity contribution in [3.05, 3.63) is 37.1 Å². The molecule has 1 aliphatic rings. The van der Waals surface area contributed by atoms with Crippen molar-refractivity contribution in [1.29, 1.82) is 0 Å². The molecule has 1 aliphatic carbocycles. The van der Waals surface area contributed by atoms with Crippen LogP contribution in [-0.2, 0) is 4.79 Å². The van der Waals surface area contributed by atoms with Crippen LogP contribution in [0.15, 0.2) is 37.1 Å². The van der Waals surface area contributed by atoms with E-state index >= 15 is 0 Å². The molecular weight excluding hydrogens is 304 g/mol. The quantitative estimate of drug-likeness (QED) is 0.767. The lowest BCUT2D eigenvalue weighted by Crippen LogP contribution is -2.14. The predicted molar refractivity (Wildman–Crippen MR) is 91.5 cm³/mol. The number of hydrogen-bond acceptors (Lipinski definition) is 6. The van der Waals surface area contributed by atoms with Crippen LogP contribution in [0.25, 0.3) is 22.0 Å². The number of aromatic nitrogens is 4. The van der Waals surface area contributed by atoms with Gasteiger partial charge >= 0.3 is 0 Å². The van der Waals surface area contributed by atoms with Crippen molar-refractivity contribution >= 4 is 28.3 Å². The number of rotatable bonds is 4. The lowest BCUT2D eigenvalue weighted by molar-refractivity contribution is -0.117. The fourth-order valence-electron chi connectivity index (χ4n) is 2.63. The molecule has 0 bridgehead atoms. The number of nitrogens with one attached hydrogen (secondary N) is 2. The van der Waals surface area contributed by atoms with Crippen molar-refractivity contribution in [2.75, 3.05) is 17.7 Å². The zero-order valence-electron chi connectivity index (χ0n) is 13.2. The van der Waals surface area contributed by atoms with Crippen molar-refractivity contribution in [1.82, 2.24) is 19.9 Å². The molecule has 7 nitrogen and oxygen atoms in total. The Kier molecular flexibility index (Phi) is 3.53. The van der Waals surface area contributed by atoms with Crippen LogP contribution in [-0.4, -0.2) is 32.9 Å². The van der Waals surface area contributed by atoms with Gasteiger partial charge in [0.1, 0.15) is 18.0 Å². The Bertz CT molecular complexity index is 908. The van der Waals surface area contributed by atoms with Crippen LogP contribution in [0.4, 0.5) is 11.6 Å². The lowest BCUT2D eigenvalue weighted by Gasteiger charge is -2.11. The van der Waals surface area contributed by atoms with Gasteiger partial charge < -0.3 is 10.6 Å². The molecule has 0 aliphatic heterocycles. The minimum Gasteiger partial charge on any atom is -0.373 e. The molecule has 0 saturated heterocycles. The van der Waals surface area contributed by atoms with E-state index < -0.39 is 0 Å². The molecule has 3 aromatic heterocycles. The highest BCUT2D eigenvalue weighted by molar-refractivity contribution is 6.03. The first-order valence-electron chi connectivity index (χ1n) is 7.80. The predicted octanol–water partition coefficient (Wildman–Crippen LogP) is 2.48. The van der Waals surface area contributed by atoms with Gasteiger partial charge in [0.25, 0.3) is 0 Å². The van der Waals surface area contributed by atoms with Gasteiger partial charge in [-0.1, -0.05) is 0 Å². The molecule has 0 aromatic carbocycles. The molecule has 3 heterocycles. The molecule has 24 heavy (non-hydrogen) atoms. The van der Waals surface area contributed by atoms with Gasteiger partial charge in [0.15, 0.2) is 0 Å². The summed E-state index contributed by atoms with van der Waals surface area (Å²) in [6.45, 7) is 0. The first kappa shape index (κ1) is 14.5. The third-order valence-corrected chi connectivity index (χ3v) is 4.07. The van der Waals surface area contributed by atoms with Crippen molar-refractivity contribution < 1.29 is 4.79 Å². The number of amides is 1. The van der Waals surface area contributed by atoms with Gasteiger partial charge in [-0.05, 0) is 25.0 Å². The van der Waals surface area contributed by atoms with Crippen molar-refractivity contribution in [2.45, 2.75) is 12.8 Å². The SMILES string of the molecule is CNc1ncc(-c2ccncn2)c2cc(NC(=O)C3CC3)ncc12. The molecule has 1 fully saturated rings. The molecule has 2 N–H and O–H groups in total. The fourth-order valence-corrected chi connectivity index (χ4v) is 2.63. The Morgan fingerprint density at radius 3 is 2.75 bits per heavy atom. The van der Waals surface area contributed by atoms with Gasteiger partial charge in [-0.25, -0.2) is 19.9 Å². The molecule has 0 spiro atoms. The van der Waals surface area contributed by atoms with Gasteiger partial charge in [-0.3, -0.25) is 4.79 Å². The summed E-state index contributed by atoms with van der Waals surface area (Å²) in [5, 5.41) is 7.75. The summed E-state index contributed by atoms with van der Waals surface area (Å²) >= 11 is 0. The largest absolute Gasteiger partial charge is 0.373 e. The Morgan fingerprint density at radius 1 is 1.17 bits per heavy atom. The number of hydrogen-bond donors (Lipinski definition) is 2. The van der Waals surface area contributed by atoms with E-state index in [1.54, 1.807) is 18.6 Å². The maximum Gasteiger partial charge on any atom is 0.228 e. The molecule has 0 unspecified atom stereocenters. The van der Waals surface area contributed by atoms with E-state index in [2.05, 4.69) is 30.6 Å². The summed E-state index contributed by atoms with van der Waals surface area (Å²) in [7, 11) is 1.81. The number of anilines is 2. The zero-order chi connectivity index (χ0) is 16.5. The van der Waals surface area contributed by atoms with Gasteiger partial charge in [-0.2, -0.15) is 0 Å². The van der Waals surface area contributed by atoms with Crippen LogP contribution in [0.3, 0.4) is 0 Å². The van der Waals surface area contributed by atoms with E-state index in [1.807, 2.05) is 19.2 Å². The van der Waals surface area contributed by atoms with Gasteiger partial charge in [0.2, 0.25) is 5.91 Å². The van der Waals surface area contributed by atoms with Crippen molar-refractivity contribution in [3.8, 4) is 11.3 Å². The van der Waals surface area contributed by atoms with Crippen LogP contribution in [0, 0.1) is 5.92 Å². The van der Waals surface area contributed by atoms with E-state index in [-0.39, 0.29) is 11.8 Å². The van der Waals surface area contributed by atoms with Gasteiger partial charge in [-0.15, -0.1) is 0 Å². The average molecular weight is 320 g/mol. The number of nitrogens with zero attached hydrogens (tertiary/aromatic N) is 4. The van der Waals surface area contributed by atoms with Crippen LogP contribution in [0.1, 0.15) is 12.8 Å². The second kappa shape index (κ2) is 5.84. The molecule has 0 radical (unpaired) electrons. The second-order valence-electron chi connectivity index (χ2n) is 5.74. The van der Waals surface area contributed by atoms with Crippen LogP contribution in [0.2, 0.25) is 0 Å². The smallest absolute Gasteiger partial charge is 0.228 e. The highest BCUT2D eigenvalue weighted by Crippen LogP contribution is 2.33. The fraction of sp³-hybridized carbons (Fsp3) is 0.235. The van der Waals surface area contributed by atoms with Crippen LogP contribution in [0.5, 0.6) is 0 Å². The molecule has 3 aromatic rings. The standard InChI is InChI=1S/C17H16N6O/c1-18-16-13-8-20-15(23-17(24)10-2-3-10)6-11(13)12(7-21-16)14-4-5-19-9-22-14/h4-10H,2-3H2,1H3,(H,18,21)(H,20,23,24). The summed E-state index contributed by atoms with van der Waals surface area (Å²) in [6.07, 6.45) is 8.60. The van der Waals surface area contributed by atoms with E-state index in [1.165, 1.54) is 6.33 Å². The number of fused-ring (bicyclic) bond motifs is 1. The second-order valence-corrected chi connectivity index (χ2v) is 5.74. The highest BCUT2D eigenvalue weighted by atomic mass is 16.2. The zero-order valence-corrected chi connectivity index (χ0v) is 13.2. The molecule has 120 valence electrons. The Morgan fingerprint density at radius 2 is 2.04 bits per heavy atom. The molecular formula is C17H16N6O. The Balaban J connectivity index is 1.84. The number of pyridine rings is 2. The van der Waals surface area contributed by atoms with Crippen LogP contribution < -0.4 is 10.6 Å². The summed E-state index contributed by atoms with van der Waals surface area (Å²) in [5.74, 6) is 1.45. The monoisotopic (exact) mass is 320 g/mol. The van der Waals surface area contributed by atoms with E-state index in [0.717, 1.165) is 40.7 Å². The normalized spacial score (nSPS) is 13.7. The highest BCUT2D eigenvalue weighted by Gasteiger charge is 2.29. The minimum atomic E-state index is 0.0355. The maximum absolute atomic E-state index is 12.0. The molecule has 0 atom stereocenters. The molecule has 4 rings (SSSR count). The lowest BCUT2D eigenvalue weighted by atomic mass is 10.1. The molecule has 1 amide bonds. The van der Waals surface area contributed by atoms with E-state index in [0.29, 0.717) is 5.82 Å².